The number of nitrogens with one attached hydrogen (secondary N) is 1. The maximum atomic E-state index is 3.46. The van der Waals surface area contributed by atoms with Gasteiger partial charge in [-0.3, -0.25) is 0 Å². The molecule has 0 saturated heterocycles. The topological polar surface area (TPSA) is 18.5 Å². The zero-order valence-corrected chi connectivity index (χ0v) is 11.2. The Kier molecular flexibility index (Phi) is 9.06. The Morgan fingerprint density at radius 1 is 1.13 bits per heavy atom. The largest absolute Gasteiger partial charge is 0.315 e. The van der Waals surface area contributed by atoms with Crippen molar-refractivity contribution in [2.75, 3.05) is 47.3 Å². The van der Waals surface area contributed by atoms with Gasteiger partial charge in [-0.05, 0) is 60.5 Å². The molecule has 1 atom stereocenters. The zero-order chi connectivity index (χ0) is 11.7. The molecule has 3 nitrogen and oxygen atoms in total. The molecule has 15 heavy (non-hydrogen) atoms. The third-order valence-corrected chi connectivity index (χ3v) is 2.74. The van der Waals surface area contributed by atoms with Crippen LogP contribution in [0.4, 0.5) is 0 Å². The monoisotopic (exact) mass is 215 g/mol. The molecular weight excluding hydrogens is 186 g/mol. The van der Waals surface area contributed by atoms with Gasteiger partial charge in [0.1, 0.15) is 0 Å². The van der Waals surface area contributed by atoms with E-state index < -0.39 is 0 Å². The van der Waals surface area contributed by atoms with Crippen molar-refractivity contribution in [3.63, 3.8) is 0 Å². The van der Waals surface area contributed by atoms with E-state index in [9.17, 15) is 0 Å². The first-order chi connectivity index (χ1) is 7.07. The molecule has 3 heteroatoms. The Labute approximate surface area is 95.8 Å². The van der Waals surface area contributed by atoms with Crippen LogP contribution in [0.15, 0.2) is 0 Å². The summed E-state index contributed by atoms with van der Waals surface area (Å²) in [6.45, 7) is 9.10. The van der Waals surface area contributed by atoms with E-state index >= 15 is 0 Å². The molecule has 1 N–H and O–H groups in total. The lowest BCUT2D eigenvalue weighted by atomic mass is 10.2. The molecule has 1 unspecified atom stereocenters. The summed E-state index contributed by atoms with van der Waals surface area (Å²) in [5.41, 5.74) is 0. The van der Waals surface area contributed by atoms with Crippen molar-refractivity contribution in [3.8, 4) is 0 Å². The molecule has 0 aliphatic rings. The van der Waals surface area contributed by atoms with E-state index in [0.717, 1.165) is 13.1 Å². The van der Waals surface area contributed by atoms with Crippen LogP contribution in [0, 0.1) is 0 Å². The van der Waals surface area contributed by atoms with Gasteiger partial charge in [-0.15, -0.1) is 0 Å². The van der Waals surface area contributed by atoms with Crippen LogP contribution in [-0.2, 0) is 0 Å². The SMILES string of the molecule is CCCNCC(C)N(C)CCCN(C)C. The van der Waals surface area contributed by atoms with Crippen LogP contribution < -0.4 is 5.32 Å². The smallest absolute Gasteiger partial charge is 0.0189 e. The van der Waals surface area contributed by atoms with E-state index in [1.807, 2.05) is 0 Å². The van der Waals surface area contributed by atoms with Crippen molar-refractivity contribution in [2.45, 2.75) is 32.7 Å². The van der Waals surface area contributed by atoms with Gasteiger partial charge in [0.2, 0.25) is 0 Å². The average molecular weight is 215 g/mol. The lowest BCUT2D eigenvalue weighted by Crippen LogP contribution is -2.39. The fourth-order valence-corrected chi connectivity index (χ4v) is 1.50. The summed E-state index contributed by atoms with van der Waals surface area (Å²) in [6, 6.07) is 0.638. The summed E-state index contributed by atoms with van der Waals surface area (Å²) < 4.78 is 0. The maximum absolute atomic E-state index is 3.46. The van der Waals surface area contributed by atoms with E-state index in [1.165, 1.54) is 25.9 Å². The summed E-state index contributed by atoms with van der Waals surface area (Å²) in [5.74, 6) is 0. The first-order valence-corrected chi connectivity index (χ1v) is 6.13. The number of hydrogen-bond donors (Lipinski definition) is 1. The van der Waals surface area contributed by atoms with Gasteiger partial charge in [0.15, 0.2) is 0 Å². The fraction of sp³-hybridized carbons (Fsp3) is 1.00. The van der Waals surface area contributed by atoms with Gasteiger partial charge in [-0.1, -0.05) is 6.92 Å². The van der Waals surface area contributed by atoms with Crippen LogP contribution in [0.3, 0.4) is 0 Å². The van der Waals surface area contributed by atoms with Crippen molar-refractivity contribution in [1.29, 1.82) is 0 Å². The molecule has 0 aromatic heterocycles. The Hall–Kier alpha value is -0.120. The van der Waals surface area contributed by atoms with Crippen LogP contribution in [0.2, 0.25) is 0 Å². The van der Waals surface area contributed by atoms with Crippen LogP contribution >= 0.6 is 0 Å². The highest BCUT2D eigenvalue weighted by atomic mass is 15.1. The summed E-state index contributed by atoms with van der Waals surface area (Å²) in [7, 11) is 6.48. The van der Waals surface area contributed by atoms with Gasteiger partial charge in [0, 0.05) is 12.6 Å². The van der Waals surface area contributed by atoms with E-state index in [-0.39, 0.29) is 0 Å². The highest BCUT2D eigenvalue weighted by molar-refractivity contribution is 4.66. The van der Waals surface area contributed by atoms with E-state index in [1.54, 1.807) is 0 Å². The molecule has 0 aromatic carbocycles. The average Bonchev–Trinajstić information content (AvgIpc) is 2.17. The molecule has 0 aromatic rings. The molecule has 0 heterocycles. The summed E-state index contributed by atoms with van der Waals surface area (Å²) in [4.78, 5) is 4.68. The summed E-state index contributed by atoms with van der Waals surface area (Å²) in [6.07, 6.45) is 2.47. The Bertz CT molecular complexity index is 137. The highest BCUT2D eigenvalue weighted by Gasteiger charge is 2.07. The second-order valence-corrected chi connectivity index (χ2v) is 4.69. The minimum Gasteiger partial charge on any atom is -0.315 e. The van der Waals surface area contributed by atoms with Crippen LogP contribution in [0.5, 0.6) is 0 Å². The predicted molar refractivity (Wildman–Crippen MR) is 68.4 cm³/mol. The number of likely N-dealkylation sites (N-methyl/N-ethyl adjacent to an activating group) is 1. The summed E-state index contributed by atoms with van der Waals surface area (Å²) >= 11 is 0. The minimum absolute atomic E-state index is 0.638. The van der Waals surface area contributed by atoms with Gasteiger partial charge in [0.05, 0.1) is 0 Å². The molecule has 92 valence electrons. The molecule has 0 rings (SSSR count). The molecule has 0 aliphatic carbocycles. The molecule has 0 amide bonds. The van der Waals surface area contributed by atoms with Crippen molar-refractivity contribution >= 4 is 0 Å². The molecule has 0 bridgehead atoms. The molecule has 0 fully saturated rings. The number of hydrogen-bond acceptors (Lipinski definition) is 3. The Balaban J connectivity index is 3.46. The Morgan fingerprint density at radius 3 is 2.33 bits per heavy atom. The lowest BCUT2D eigenvalue weighted by molar-refractivity contribution is 0.236. The number of rotatable bonds is 9. The molecule has 0 spiro atoms. The third kappa shape index (κ3) is 8.85. The second-order valence-electron chi connectivity index (χ2n) is 4.69. The fourth-order valence-electron chi connectivity index (χ4n) is 1.50. The van der Waals surface area contributed by atoms with Crippen molar-refractivity contribution < 1.29 is 0 Å². The van der Waals surface area contributed by atoms with Crippen LogP contribution in [0.1, 0.15) is 26.7 Å². The van der Waals surface area contributed by atoms with Crippen molar-refractivity contribution in [2.24, 2.45) is 0 Å². The highest BCUT2D eigenvalue weighted by Crippen LogP contribution is 1.96. The first-order valence-electron chi connectivity index (χ1n) is 6.13. The third-order valence-electron chi connectivity index (χ3n) is 2.74. The number of nitrogens with zero attached hydrogens (tertiary/aromatic N) is 2. The molecule has 0 saturated carbocycles. The minimum atomic E-state index is 0.638. The van der Waals surface area contributed by atoms with E-state index in [2.05, 4.69) is 50.1 Å². The lowest BCUT2D eigenvalue weighted by Gasteiger charge is -2.25. The molecule has 0 radical (unpaired) electrons. The van der Waals surface area contributed by atoms with Crippen LogP contribution in [-0.4, -0.2) is 63.2 Å². The zero-order valence-electron chi connectivity index (χ0n) is 11.2. The molecule has 0 aliphatic heterocycles. The van der Waals surface area contributed by atoms with Gasteiger partial charge in [-0.2, -0.15) is 0 Å². The van der Waals surface area contributed by atoms with Gasteiger partial charge < -0.3 is 15.1 Å². The van der Waals surface area contributed by atoms with Gasteiger partial charge in [0.25, 0.3) is 0 Å². The Morgan fingerprint density at radius 2 is 1.80 bits per heavy atom. The first kappa shape index (κ1) is 14.9. The van der Waals surface area contributed by atoms with Gasteiger partial charge in [-0.25, -0.2) is 0 Å². The van der Waals surface area contributed by atoms with E-state index in [4.69, 9.17) is 0 Å². The van der Waals surface area contributed by atoms with Crippen molar-refractivity contribution in [1.82, 2.24) is 15.1 Å². The van der Waals surface area contributed by atoms with Gasteiger partial charge >= 0.3 is 0 Å². The normalized spacial score (nSPS) is 13.8. The quantitative estimate of drug-likeness (QED) is 0.584. The van der Waals surface area contributed by atoms with Crippen molar-refractivity contribution in [3.05, 3.63) is 0 Å². The van der Waals surface area contributed by atoms with Crippen LogP contribution in [0.25, 0.3) is 0 Å². The molecular formula is C12H29N3. The predicted octanol–water partition coefficient (Wildman–Crippen LogP) is 1.26. The second kappa shape index (κ2) is 9.13. The maximum Gasteiger partial charge on any atom is 0.0189 e. The standard InChI is InChI=1S/C12H29N3/c1-6-8-13-11-12(2)15(5)10-7-9-14(3)4/h12-13H,6-11H2,1-5H3. The van der Waals surface area contributed by atoms with E-state index in [0.29, 0.717) is 6.04 Å². The summed E-state index contributed by atoms with van der Waals surface area (Å²) in [5, 5.41) is 3.46.